The molecule has 1 aromatic carbocycles. The van der Waals surface area contributed by atoms with Crippen molar-refractivity contribution in [1.82, 2.24) is 14.1 Å². The second-order valence-corrected chi connectivity index (χ2v) is 7.62. The van der Waals surface area contributed by atoms with Crippen LogP contribution in [0.5, 0.6) is 0 Å². The molecule has 0 atom stereocenters. The molecule has 0 aliphatic rings. The van der Waals surface area contributed by atoms with Gasteiger partial charge in [-0.2, -0.15) is 9.40 Å². The maximum Gasteiger partial charge on any atom is 0.246 e. The minimum absolute atomic E-state index is 0.286. The number of aryl methyl sites for hydroxylation is 2. The summed E-state index contributed by atoms with van der Waals surface area (Å²) in [6, 6.07) is 9.86. The Morgan fingerprint density at radius 2 is 1.83 bits per heavy atom. The highest BCUT2D eigenvalue weighted by Crippen LogP contribution is 2.23. The second-order valence-electron chi connectivity index (χ2n) is 5.74. The second kappa shape index (κ2) is 7.92. The maximum absolute atomic E-state index is 13.1. The minimum atomic E-state index is -3.61. The van der Waals surface area contributed by atoms with E-state index in [2.05, 4.69) is 5.10 Å². The molecule has 0 aliphatic heterocycles. The monoisotopic (exact) mass is 350 g/mol. The van der Waals surface area contributed by atoms with Crippen LogP contribution < -0.4 is 5.73 Å². The molecule has 0 spiro atoms. The Kier molecular flexibility index (Phi) is 6.15. The molecule has 2 aromatic rings. The fraction of sp³-hybridized carbons (Fsp3) is 0.471. The highest BCUT2D eigenvalue weighted by atomic mass is 32.2. The summed E-state index contributed by atoms with van der Waals surface area (Å²) in [5.74, 6) is 0. The fourth-order valence-electron chi connectivity index (χ4n) is 2.89. The number of hydrogen-bond donors (Lipinski definition) is 1. The van der Waals surface area contributed by atoms with Crippen molar-refractivity contribution in [2.45, 2.75) is 38.6 Å². The molecule has 1 aromatic heterocycles. The van der Waals surface area contributed by atoms with Gasteiger partial charge in [0.05, 0.1) is 11.4 Å². The molecule has 2 rings (SSSR count). The molecular formula is C17H26N4O2S. The number of sulfonamides is 1. The number of nitrogens with two attached hydrogens (primary N) is 1. The van der Waals surface area contributed by atoms with E-state index in [4.69, 9.17) is 5.73 Å². The van der Waals surface area contributed by atoms with Crippen molar-refractivity contribution in [1.29, 1.82) is 0 Å². The molecule has 0 radical (unpaired) electrons. The van der Waals surface area contributed by atoms with Crippen molar-refractivity contribution in [2.24, 2.45) is 5.73 Å². The average molecular weight is 350 g/mol. The summed E-state index contributed by atoms with van der Waals surface area (Å²) in [4.78, 5) is 0.311. The summed E-state index contributed by atoms with van der Waals surface area (Å²) in [6.45, 7) is 7.11. The SMILES string of the molecule is CCn1nc(C)c(S(=O)(=O)N(CCN)CCc2ccccc2)c1C. The van der Waals surface area contributed by atoms with E-state index in [0.29, 0.717) is 42.3 Å². The van der Waals surface area contributed by atoms with Gasteiger partial charge in [-0.15, -0.1) is 0 Å². The van der Waals surface area contributed by atoms with Gasteiger partial charge in [-0.1, -0.05) is 30.3 Å². The van der Waals surface area contributed by atoms with E-state index in [1.165, 1.54) is 4.31 Å². The summed E-state index contributed by atoms with van der Waals surface area (Å²) >= 11 is 0. The van der Waals surface area contributed by atoms with Crippen LogP contribution in [0, 0.1) is 13.8 Å². The van der Waals surface area contributed by atoms with Crippen LogP contribution in [0.4, 0.5) is 0 Å². The van der Waals surface area contributed by atoms with Gasteiger partial charge in [0.2, 0.25) is 10.0 Å². The molecule has 7 heteroatoms. The van der Waals surface area contributed by atoms with Crippen LogP contribution in [0.25, 0.3) is 0 Å². The molecule has 2 N–H and O–H groups in total. The third kappa shape index (κ3) is 3.85. The zero-order chi connectivity index (χ0) is 17.7. The molecule has 6 nitrogen and oxygen atoms in total. The van der Waals surface area contributed by atoms with Crippen LogP contribution in [0.3, 0.4) is 0 Å². The van der Waals surface area contributed by atoms with Crippen LogP contribution in [0.2, 0.25) is 0 Å². The van der Waals surface area contributed by atoms with Crippen molar-refractivity contribution < 1.29 is 8.42 Å². The highest BCUT2D eigenvalue weighted by molar-refractivity contribution is 7.89. The van der Waals surface area contributed by atoms with Crippen LogP contribution in [0.15, 0.2) is 35.2 Å². The summed E-state index contributed by atoms with van der Waals surface area (Å²) < 4.78 is 29.5. The van der Waals surface area contributed by atoms with Gasteiger partial charge in [-0.05, 0) is 32.8 Å². The first-order valence-electron chi connectivity index (χ1n) is 8.20. The number of rotatable bonds is 8. The predicted molar refractivity (Wildman–Crippen MR) is 95.3 cm³/mol. The van der Waals surface area contributed by atoms with Gasteiger partial charge in [0, 0.05) is 26.2 Å². The lowest BCUT2D eigenvalue weighted by atomic mass is 10.1. The molecule has 0 unspecified atom stereocenters. The Morgan fingerprint density at radius 3 is 2.38 bits per heavy atom. The molecule has 0 saturated carbocycles. The van der Waals surface area contributed by atoms with Crippen LogP contribution in [-0.4, -0.2) is 42.1 Å². The van der Waals surface area contributed by atoms with E-state index >= 15 is 0 Å². The molecule has 0 fully saturated rings. The first kappa shape index (κ1) is 18.6. The molecule has 0 saturated heterocycles. The molecule has 132 valence electrons. The van der Waals surface area contributed by atoms with Crippen molar-refractivity contribution in [3.63, 3.8) is 0 Å². The van der Waals surface area contributed by atoms with Gasteiger partial charge < -0.3 is 5.73 Å². The molecule has 0 bridgehead atoms. The summed E-state index contributed by atoms with van der Waals surface area (Å²) in [5, 5.41) is 4.34. The average Bonchev–Trinajstić information content (AvgIpc) is 2.86. The van der Waals surface area contributed by atoms with Crippen molar-refractivity contribution in [3.8, 4) is 0 Å². The third-order valence-corrected chi connectivity index (χ3v) is 6.24. The quantitative estimate of drug-likeness (QED) is 0.786. The smallest absolute Gasteiger partial charge is 0.246 e. The number of nitrogens with zero attached hydrogens (tertiary/aromatic N) is 3. The Bertz CT molecular complexity index is 769. The van der Waals surface area contributed by atoms with Gasteiger partial charge in [0.25, 0.3) is 0 Å². The lowest BCUT2D eigenvalue weighted by Crippen LogP contribution is -2.37. The van der Waals surface area contributed by atoms with E-state index in [1.54, 1.807) is 18.5 Å². The van der Waals surface area contributed by atoms with Crippen molar-refractivity contribution in [3.05, 3.63) is 47.3 Å². The Morgan fingerprint density at radius 1 is 1.17 bits per heavy atom. The Balaban J connectivity index is 2.30. The predicted octanol–water partition coefficient (Wildman–Crippen LogP) is 1.71. The first-order valence-corrected chi connectivity index (χ1v) is 9.64. The summed E-state index contributed by atoms with van der Waals surface area (Å²) in [5.41, 5.74) is 7.97. The largest absolute Gasteiger partial charge is 0.329 e. The number of hydrogen-bond acceptors (Lipinski definition) is 4. The number of aromatic nitrogens is 2. The van der Waals surface area contributed by atoms with E-state index in [0.717, 1.165) is 5.56 Å². The van der Waals surface area contributed by atoms with E-state index < -0.39 is 10.0 Å². The van der Waals surface area contributed by atoms with Crippen molar-refractivity contribution in [2.75, 3.05) is 19.6 Å². The Hall–Kier alpha value is -1.70. The lowest BCUT2D eigenvalue weighted by molar-refractivity contribution is 0.421. The normalized spacial score (nSPS) is 12.0. The number of benzene rings is 1. The van der Waals surface area contributed by atoms with Crippen LogP contribution in [-0.2, 0) is 23.0 Å². The van der Waals surface area contributed by atoms with Gasteiger partial charge in [-0.25, -0.2) is 8.42 Å². The van der Waals surface area contributed by atoms with Gasteiger partial charge in [-0.3, -0.25) is 4.68 Å². The van der Waals surface area contributed by atoms with Crippen molar-refractivity contribution >= 4 is 10.0 Å². The molecular weight excluding hydrogens is 324 g/mol. The Labute approximate surface area is 144 Å². The van der Waals surface area contributed by atoms with E-state index in [-0.39, 0.29) is 6.54 Å². The van der Waals surface area contributed by atoms with Gasteiger partial charge in [0.1, 0.15) is 4.90 Å². The molecule has 1 heterocycles. The molecule has 0 amide bonds. The van der Waals surface area contributed by atoms with E-state index in [9.17, 15) is 8.42 Å². The standard InChI is InChI=1S/C17H26N4O2S/c1-4-21-15(3)17(14(2)19-21)24(22,23)20(13-11-18)12-10-16-8-6-5-7-9-16/h5-9H,4,10-13,18H2,1-3H3. The topological polar surface area (TPSA) is 81.2 Å². The van der Waals surface area contributed by atoms with Gasteiger partial charge in [0.15, 0.2) is 0 Å². The van der Waals surface area contributed by atoms with Crippen LogP contribution >= 0.6 is 0 Å². The highest BCUT2D eigenvalue weighted by Gasteiger charge is 2.30. The third-order valence-electron chi connectivity index (χ3n) is 4.08. The van der Waals surface area contributed by atoms with E-state index in [1.807, 2.05) is 37.3 Å². The zero-order valence-electron chi connectivity index (χ0n) is 14.6. The fourth-order valence-corrected chi connectivity index (χ4v) is 4.71. The lowest BCUT2D eigenvalue weighted by Gasteiger charge is -2.22. The van der Waals surface area contributed by atoms with Crippen LogP contribution in [0.1, 0.15) is 23.9 Å². The first-order chi connectivity index (χ1) is 11.4. The van der Waals surface area contributed by atoms with Gasteiger partial charge >= 0.3 is 0 Å². The zero-order valence-corrected chi connectivity index (χ0v) is 15.4. The summed E-state index contributed by atoms with van der Waals surface area (Å²) in [7, 11) is -3.61. The molecule has 0 aliphatic carbocycles. The minimum Gasteiger partial charge on any atom is -0.329 e. The maximum atomic E-state index is 13.1. The summed E-state index contributed by atoms with van der Waals surface area (Å²) in [6.07, 6.45) is 0.653. The molecule has 24 heavy (non-hydrogen) atoms.